The van der Waals surface area contributed by atoms with Crippen LogP contribution < -0.4 is 10.4 Å². The Bertz CT molecular complexity index is 368. The van der Waals surface area contributed by atoms with E-state index >= 15 is 0 Å². The number of carboxylic acids is 1. The zero-order chi connectivity index (χ0) is 10.8. The van der Waals surface area contributed by atoms with Crippen molar-refractivity contribution in [3.63, 3.8) is 0 Å². The zero-order valence-corrected chi connectivity index (χ0v) is 8.67. The number of halogens is 1. The first-order valence-electron chi connectivity index (χ1n) is 4.60. The van der Waals surface area contributed by atoms with Crippen molar-refractivity contribution in [1.82, 2.24) is 0 Å². The van der Waals surface area contributed by atoms with Gasteiger partial charge in [0.15, 0.2) is 5.37 Å². The fourth-order valence-electron chi connectivity index (χ4n) is 1.54. The highest BCUT2D eigenvalue weighted by atomic mass is 32.2. The van der Waals surface area contributed by atoms with Crippen molar-refractivity contribution in [2.24, 2.45) is 0 Å². The second-order valence-corrected chi connectivity index (χ2v) is 4.60. The number of benzene rings is 1. The Balaban J connectivity index is 2.07. The van der Waals surface area contributed by atoms with Crippen LogP contribution in [0.3, 0.4) is 0 Å². The van der Waals surface area contributed by atoms with E-state index in [-0.39, 0.29) is 11.2 Å². The van der Waals surface area contributed by atoms with Crippen molar-refractivity contribution in [2.75, 3.05) is 5.75 Å². The molecule has 2 N–H and O–H groups in total. The Kier molecular flexibility index (Phi) is 2.93. The lowest BCUT2D eigenvalue weighted by Crippen LogP contribution is -2.90. The maximum absolute atomic E-state index is 12.7. The predicted molar refractivity (Wildman–Crippen MR) is 52.3 cm³/mol. The van der Waals surface area contributed by atoms with Crippen molar-refractivity contribution in [1.29, 1.82) is 0 Å². The van der Waals surface area contributed by atoms with Gasteiger partial charge in [0.2, 0.25) is 0 Å². The van der Waals surface area contributed by atoms with E-state index in [0.29, 0.717) is 5.75 Å². The van der Waals surface area contributed by atoms with Gasteiger partial charge >= 0.3 is 0 Å². The van der Waals surface area contributed by atoms with Gasteiger partial charge in [-0.3, -0.25) is 0 Å². The molecule has 0 saturated carbocycles. The van der Waals surface area contributed by atoms with Crippen LogP contribution >= 0.6 is 11.8 Å². The molecule has 1 aromatic carbocycles. The highest BCUT2D eigenvalue weighted by Crippen LogP contribution is 2.26. The molecule has 0 unspecified atom stereocenters. The quantitative estimate of drug-likeness (QED) is 0.723. The molecule has 0 aromatic heterocycles. The van der Waals surface area contributed by atoms with E-state index in [0.717, 1.165) is 5.56 Å². The average Bonchev–Trinajstić information content (AvgIpc) is 2.68. The summed E-state index contributed by atoms with van der Waals surface area (Å²) in [5.74, 6) is -0.782. The third-order valence-corrected chi connectivity index (χ3v) is 3.70. The van der Waals surface area contributed by atoms with Gasteiger partial charge in [0.1, 0.15) is 17.8 Å². The molecule has 80 valence electrons. The van der Waals surface area contributed by atoms with Gasteiger partial charge in [-0.25, -0.2) is 4.39 Å². The number of carbonyl (C=O) groups is 1. The molecule has 1 aromatic rings. The normalized spacial score (nSPS) is 25.4. The molecule has 1 aliphatic rings. The van der Waals surface area contributed by atoms with E-state index in [9.17, 15) is 14.3 Å². The Morgan fingerprint density at radius 2 is 2.13 bits per heavy atom. The Hall–Kier alpha value is -1.07. The molecule has 1 fully saturated rings. The van der Waals surface area contributed by atoms with Gasteiger partial charge < -0.3 is 15.2 Å². The summed E-state index contributed by atoms with van der Waals surface area (Å²) in [6.45, 7) is 0. The van der Waals surface area contributed by atoms with Crippen LogP contribution in [0.1, 0.15) is 10.9 Å². The molecular formula is C10H10FNO2S. The van der Waals surface area contributed by atoms with Crippen molar-refractivity contribution in [3.05, 3.63) is 35.6 Å². The fraction of sp³-hybridized carbons (Fsp3) is 0.300. The van der Waals surface area contributed by atoms with Gasteiger partial charge in [-0.05, 0) is 24.3 Å². The minimum atomic E-state index is -1.04. The van der Waals surface area contributed by atoms with E-state index in [4.69, 9.17) is 0 Å². The number of thioether (sulfide) groups is 1. The lowest BCUT2D eigenvalue weighted by atomic mass is 10.2. The maximum atomic E-state index is 12.7. The largest absolute Gasteiger partial charge is 0.544 e. The monoisotopic (exact) mass is 227 g/mol. The molecule has 2 atom stereocenters. The van der Waals surface area contributed by atoms with Crippen molar-refractivity contribution >= 4 is 17.7 Å². The van der Waals surface area contributed by atoms with Crippen molar-refractivity contribution in [2.45, 2.75) is 11.4 Å². The molecular weight excluding hydrogens is 217 g/mol. The first kappa shape index (κ1) is 10.4. The maximum Gasteiger partial charge on any atom is 0.159 e. The van der Waals surface area contributed by atoms with Crippen molar-refractivity contribution in [3.8, 4) is 0 Å². The van der Waals surface area contributed by atoms with Crippen LogP contribution in [0, 0.1) is 5.82 Å². The molecule has 0 bridgehead atoms. The Labute approximate surface area is 90.7 Å². The third kappa shape index (κ3) is 2.30. The minimum absolute atomic E-state index is 0.0356. The Morgan fingerprint density at radius 3 is 2.67 bits per heavy atom. The van der Waals surface area contributed by atoms with E-state index < -0.39 is 12.0 Å². The first-order valence-corrected chi connectivity index (χ1v) is 5.64. The first-order chi connectivity index (χ1) is 7.16. The van der Waals surface area contributed by atoms with Gasteiger partial charge in [0.25, 0.3) is 0 Å². The number of rotatable bonds is 2. The van der Waals surface area contributed by atoms with Crippen LogP contribution in [0.5, 0.6) is 0 Å². The number of carbonyl (C=O) groups excluding carboxylic acids is 1. The van der Waals surface area contributed by atoms with E-state index in [1.807, 2.05) is 0 Å². The zero-order valence-electron chi connectivity index (χ0n) is 7.85. The number of hydrogen-bond donors (Lipinski definition) is 1. The predicted octanol–water partition coefficient (Wildman–Crippen LogP) is -0.747. The number of carboxylic acid groups (broad SMARTS) is 1. The molecule has 0 spiro atoms. The fourth-order valence-corrected chi connectivity index (χ4v) is 2.85. The Morgan fingerprint density at radius 1 is 1.47 bits per heavy atom. The van der Waals surface area contributed by atoms with E-state index in [2.05, 4.69) is 0 Å². The summed E-state index contributed by atoms with van der Waals surface area (Å²) in [7, 11) is 0. The second-order valence-electron chi connectivity index (χ2n) is 3.42. The average molecular weight is 227 g/mol. The lowest BCUT2D eigenvalue weighted by Gasteiger charge is -2.10. The van der Waals surface area contributed by atoms with Crippen LogP contribution in [0.4, 0.5) is 4.39 Å². The molecule has 1 aliphatic heterocycles. The number of nitrogens with two attached hydrogens (primary N) is 1. The number of aliphatic carboxylic acids is 1. The molecule has 1 saturated heterocycles. The van der Waals surface area contributed by atoms with Gasteiger partial charge in [-0.1, -0.05) is 11.8 Å². The summed E-state index contributed by atoms with van der Waals surface area (Å²) >= 11 is 1.54. The molecule has 3 nitrogen and oxygen atoms in total. The molecule has 15 heavy (non-hydrogen) atoms. The van der Waals surface area contributed by atoms with Gasteiger partial charge in [0.05, 0.1) is 5.75 Å². The lowest BCUT2D eigenvalue weighted by molar-refractivity contribution is -0.690. The molecule has 0 aliphatic carbocycles. The molecule has 5 heteroatoms. The summed E-state index contributed by atoms with van der Waals surface area (Å²) in [4.78, 5) is 10.6. The van der Waals surface area contributed by atoms with E-state index in [1.54, 1.807) is 17.4 Å². The molecule has 1 heterocycles. The smallest absolute Gasteiger partial charge is 0.159 e. The summed E-state index contributed by atoms with van der Waals surface area (Å²) in [6.07, 6.45) is 0. The van der Waals surface area contributed by atoms with Crippen LogP contribution in [0.2, 0.25) is 0 Å². The topological polar surface area (TPSA) is 56.7 Å². The SMILES string of the molecule is O=C([O-])[C@@H]1CS[C@H](c2ccc(F)cc2)[NH2+]1. The minimum Gasteiger partial charge on any atom is -0.544 e. The summed E-state index contributed by atoms with van der Waals surface area (Å²) < 4.78 is 12.7. The van der Waals surface area contributed by atoms with Crippen LogP contribution in [0.25, 0.3) is 0 Å². The van der Waals surface area contributed by atoms with Gasteiger partial charge in [0, 0.05) is 5.56 Å². The molecule has 0 amide bonds. The standard InChI is InChI=1S/C10H10FNO2S/c11-7-3-1-6(2-4-7)9-12-8(5-15-9)10(13)14/h1-4,8-9,12H,5H2,(H,13,14)/t8-,9+/m0/s1. The summed E-state index contributed by atoms with van der Waals surface area (Å²) in [5, 5.41) is 12.4. The highest BCUT2D eigenvalue weighted by molar-refractivity contribution is 7.99. The van der Waals surface area contributed by atoms with Gasteiger partial charge in [-0.2, -0.15) is 0 Å². The number of quaternary nitrogens is 1. The van der Waals surface area contributed by atoms with Gasteiger partial charge in [-0.15, -0.1) is 0 Å². The molecule has 0 radical (unpaired) electrons. The van der Waals surface area contributed by atoms with E-state index in [1.165, 1.54) is 23.9 Å². The third-order valence-electron chi connectivity index (χ3n) is 2.36. The van der Waals surface area contributed by atoms with Crippen LogP contribution in [0.15, 0.2) is 24.3 Å². The van der Waals surface area contributed by atoms with Crippen LogP contribution in [-0.2, 0) is 4.79 Å². The van der Waals surface area contributed by atoms with Crippen LogP contribution in [-0.4, -0.2) is 17.8 Å². The summed E-state index contributed by atoms with van der Waals surface area (Å²) in [6, 6.07) is 5.64. The highest BCUT2D eigenvalue weighted by Gasteiger charge is 2.30. The summed E-state index contributed by atoms with van der Waals surface area (Å²) in [5.41, 5.74) is 0.935. The second kappa shape index (κ2) is 4.20. The number of hydrogen-bond acceptors (Lipinski definition) is 3. The van der Waals surface area contributed by atoms with Crippen molar-refractivity contribution < 1.29 is 19.6 Å². The molecule has 2 rings (SSSR count).